The number of halogens is 1. The molecule has 0 spiro atoms. The molecule has 6 nitrogen and oxygen atoms in total. The fourth-order valence-corrected chi connectivity index (χ4v) is 3.15. The second-order valence-corrected chi connectivity index (χ2v) is 5.57. The number of aryl methyl sites for hydroxylation is 1. The third kappa shape index (κ3) is 2.77. The lowest BCUT2D eigenvalue weighted by Crippen LogP contribution is -2.32. The van der Waals surface area contributed by atoms with Gasteiger partial charge in [0.2, 0.25) is 5.03 Å². The third-order valence-electron chi connectivity index (χ3n) is 2.24. The topological polar surface area (TPSA) is 79.0 Å². The first-order chi connectivity index (χ1) is 7.95. The molecule has 0 bridgehead atoms. The van der Waals surface area contributed by atoms with E-state index in [-0.39, 0.29) is 29.7 Å². The van der Waals surface area contributed by atoms with Crippen molar-refractivity contribution in [3.63, 3.8) is 0 Å². The van der Waals surface area contributed by atoms with Gasteiger partial charge in [0, 0.05) is 26.6 Å². The fraction of sp³-hybridized carbons (Fsp3) is 0.556. The van der Waals surface area contributed by atoms with Crippen LogP contribution in [0.1, 0.15) is 13.3 Å². The number of nitriles is 1. The zero-order chi connectivity index (χ0) is 13.1. The van der Waals surface area contributed by atoms with Crippen LogP contribution in [-0.2, 0) is 17.1 Å². The average Bonchev–Trinajstić information content (AvgIpc) is 2.61. The summed E-state index contributed by atoms with van der Waals surface area (Å²) >= 11 is 5.86. The monoisotopic (exact) mass is 276 g/mol. The van der Waals surface area contributed by atoms with E-state index >= 15 is 0 Å². The van der Waals surface area contributed by atoms with Crippen LogP contribution in [0.25, 0.3) is 0 Å². The molecule has 0 unspecified atom stereocenters. The summed E-state index contributed by atoms with van der Waals surface area (Å²) < 4.78 is 26.9. The fourth-order valence-electron chi connectivity index (χ4n) is 1.31. The van der Waals surface area contributed by atoms with Gasteiger partial charge in [-0.05, 0) is 0 Å². The van der Waals surface area contributed by atoms with Crippen LogP contribution in [0.2, 0.25) is 5.15 Å². The summed E-state index contributed by atoms with van der Waals surface area (Å²) in [7, 11) is -2.10. The Hall–Kier alpha value is -1.10. The van der Waals surface area contributed by atoms with Gasteiger partial charge < -0.3 is 4.57 Å². The number of imidazole rings is 1. The summed E-state index contributed by atoms with van der Waals surface area (Å²) in [6, 6.07) is 1.91. The maximum atomic E-state index is 12.2. The second kappa shape index (κ2) is 5.49. The molecule has 8 heteroatoms. The average molecular weight is 277 g/mol. The van der Waals surface area contributed by atoms with Crippen molar-refractivity contribution in [1.29, 1.82) is 5.26 Å². The summed E-state index contributed by atoms with van der Waals surface area (Å²) in [6.45, 7) is 2.12. The van der Waals surface area contributed by atoms with E-state index in [1.165, 1.54) is 15.2 Å². The molecule has 0 atom stereocenters. The van der Waals surface area contributed by atoms with Gasteiger partial charge in [0.15, 0.2) is 0 Å². The quantitative estimate of drug-likeness (QED) is 0.804. The van der Waals surface area contributed by atoms with Crippen molar-refractivity contribution >= 4 is 21.6 Å². The van der Waals surface area contributed by atoms with E-state index in [1.54, 1.807) is 14.0 Å². The largest absolute Gasteiger partial charge is 0.324 e. The van der Waals surface area contributed by atoms with E-state index in [9.17, 15) is 8.42 Å². The summed E-state index contributed by atoms with van der Waals surface area (Å²) in [6.07, 6.45) is 1.48. The molecule has 0 saturated carbocycles. The van der Waals surface area contributed by atoms with Gasteiger partial charge in [-0.25, -0.2) is 13.4 Å². The molecule has 0 aliphatic carbocycles. The molecule has 1 rings (SSSR count). The lowest BCUT2D eigenvalue weighted by Gasteiger charge is -2.17. The van der Waals surface area contributed by atoms with Gasteiger partial charge in [-0.15, -0.1) is 0 Å². The van der Waals surface area contributed by atoms with Gasteiger partial charge in [0.1, 0.15) is 5.15 Å². The molecule has 0 saturated heterocycles. The van der Waals surface area contributed by atoms with Gasteiger partial charge in [0.05, 0.1) is 12.4 Å². The second-order valence-electron chi connectivity index (χ2n) is 3.36. The number of sulfonamides is 1. The Morgan fingerprint density at radius 3 is 2.71 bits per heavy atom. The summed E-state index contributed by atoms with van der Waals surface area (Å²) in [4.78, 5) is 3.78. The Morgan fingerprint density at radius 2 is 2.29 bits per heavy atom. The maximum absolute atomic E-state index is 12.2. The molecule has 0 aliphatic heterocycles. The van der Waals surface area contributed by atoms with Crippen LogP contribution in [0, 0.1) is 11.3 Å². The standard InChI is InChI=1S/C9H13ClN4O2S/c1-3-14(6-4-5-11)17(15,16)9-8(10)13(2)7-12-9/h7H,3-4,6H2,1-2H3. The zero-order valence-electron chi connectivity index (χ0n) is 9.59. The molecule has 17 heavy (non-hydrogen) atoms. The molecule has 1 aromatic rings. The van der Waals surface area contributed by atoms with Crippen molar-refractivity contribution in [2.75, 3.05) is 13.1 Å². The van der Waals surface area contributed by atoms with Crippen LogP contribution < -0.4 is 0 Å². The first-order valence-electron chi connectivity index (χ1n) is 4.99. The molecule has 0 N–H and O–H groups in total. The highest BCUT2D eigenvalue weighted by Crippen LogP contribution is 2.22. The molecule has 1 heterocycles. The van der Waals surface area contributed by atoms with Gasteiger partial charge in [-0.1, -0.05) is 18.5 Å². The van der Waals surface area contributed by atoms with Gasteiger partial charge in [0.25, 0.3) is 10.0 Å². The Balaban J connectivity index is 3.09. The van der Waals surface area contributed by atoms with Crippen molar-refractivity contribution in [2.24, 2.45) is 7.05 Å². The summed E-state index contributed by atoms with van der Waals surface area (Å²) in [5.41, 5.74) is 0. The molecule has 1 aromatic heterocycles. The molecule has 0 fully saturated rings. The van der Waals surface area contributed by atoms with E-state index in [0.717, 1.165) is 0 Å². The minimum absolute atomic E-state index is 0.0698. The van der Waals surface area contributed by atoms with E-state index in [2.05, 4.69) is 4.98 Å². The molecular formula is C9H13ClN4O2S. The first-order valence-corrected chi connectivity index (χ1v) is 6.80. The molecule has 0 aromatic carbocycles. The van der Waals surface area contributed by atoms with Crippen molar-refractivity contribution in [3.8, 4) is 6.07 Å². The lowest BCUT2D eigenvalue weighted by molar-refractivity contribution is 0.433. The minimum atomic E-state index is -3.71. The lowest BCUT2D eigenvalue weighted by atomic mass is 10.5. The highest BCUT2D eigenvalue weighted by Gasteiger charge is 2.28. The van der Waals surface area contributed by atoms with E-state index in [1.807, 2.05) is 6.07 Å². The Labute approximate surface area is 105 Å². The van der Waals surface area contributed by atoms with Crippen LogP contribution in [0.5, 0.6) is 0 Å². The van der Waals surface area contributed by atoms with Crippen LogP contribution in [0.4, 0.5) is 0 Å². The van der Waals surface area contributed by atoms with Crippen LogP contribution >= 0.6 is 11.6 Å². The zero-order valence-corrected chi connectivity index (χ0v) is 11.2. The normalized spacial score (nSPS) is 11.7. The molecule has 0 radical (unpaired) electrons. The summed E-state index contributed by atoms with van der Waals surface area (Å²) in [5.74, 6) is 0. The predicted octanol–water partition coefficient (Wildman–Crippen LogP) is 0.998. The van der Waals surface area contributed by atoms with Crippen LogP contribution in [0.3, 0.4) is 0 Å². The summed E-state index contributed by atoms with van der Waals surface area (Å²) in [5, 5.41) is 8.39. The molecular weight excluding hydrogens is 264 g/mol. The van der Waals surface area contributed by atoms with Crippen molar-refractivity contribution in [3.05, 3.63) is 11.5 Å². The SMILES string of the molecule is CCN(CCC#N)S(=O)(=O)c1ncn(C)c1Cl. The predicted molar refractivity (Wildman–Crippen MR) is 62.9 cm³/mol. The van der Waals surface area contributed by atoms with E-state index in [0.29, 0.717) is 0 Å². The Kier molecular flexibility index (Phi) is 4.51. The maximum Gasteiger partial charge on any atom is 0.263 e. The van der Waals surface area contributed by atoms with Gasteiger partial charge in [-0.2, -0.15) is 9.57 Å². The van der Waals surface area contributed by atoms with Crippen LogP contribution in [0.15, 0.2) is 11.4 Å². The highest BCUT2D eigenvalue weighted by atomic mass is 35.5. The Bertz CT molecular complexity index is 532. The number of hydrogen-bond donors (Lipinski definition) is 0. The molecule has 94 valence electrons. The van der Waals surface area contributed by atoms with E-state index < -0.39 is 10.0 Å². The van der Waals surface area contributed by atoms with Crippen molar-refractivity contribution < 1.29 is 8.42 Å². The van der Waals surface area contributed by atoms with Gasteiger partial charge >= 0.3 is 0 Å². The number of hydrogen-bond acceptors (Lipinski definition) is 4. The van der Waals surface area contributed by atoms with E-state index in [4.69, 9.17) is 16.9 Å². The highest BCUT2D eigenvalue weighted by molar-refractivity contribution is 7.89. The molecule has 0 aliphatic rings. The number of aromatic nitrogens is 2. The Morgan fingerprint density at radius 1 is 1.65 bits per heavy atom. The smallest absolute Gasteiger partial charge is 0.263 e. The van der Waals surface area contributed by atoms with Gasteiger partial charge in [-0.3, -0.25) is 0 Å². The van der Waals surface area contributed by atoms with Crippen LogP contribution in [-0.4, -0.2) is 35.4 Å². The van der Waals surface area contributed by atoms with Crippen molar-refractivity contribution in [2.45, 2.75) is 18.4 Å². The minimum Gasteiger partial charge on any atom is -0.324 e. The molecule has 0 amide bonds. The number of rotatable bonds is 5. The first kappa shape index (κ1) is 14.0. The number of nitrogens with zero attached hydrogens (tertiary/aromatic N) is 4. The van der Waals surface area contributed by atoms with Crippen molar-refractivity contribution in [1.82, 2.24) is 13.9 Å². The third-order valence-corrected chi connectivity index (χ3v) is 4.71.